The van der Waals surface area contributed by atoms with Gasteiger partial charge in [-0.25, -0.2) is 14.8 Å². The van der Waals surface area contributed by atoms with E-state index in [-0.39, 0.29) is 6.03 Å². The molecule has 0 aliphatic carbocycles. The van der Waals surface area contributed by atoms with Crippen LogP contribution >= 0.6 is 11.3 Å². The third kappa shape index (κ3) is 3.17. The van der Waals surface area contributed by atoms with Crippen LogP contribution in [0.1, 0.15) is 43.1 Å². The summed E-state index contributed by atoms with van der Waals surface area (Å²) in [6, 6.07) is 0.217. The van der Waals surface area contributed by atoms with Gasteiger partial charge in [0.1, 0.15) is 5.82 Å². The summed E-state index contributed by atoms with van der Waals surface area (Å²) in [6.45, 7) is 4.24. The Bertz CT molecular complexity index is 677. The van der Waals surface area contributed by atoms with Crippen LogP contribution in [0.15, 0.2) is 23.3 Å². The Labute approximate surface area is 146 Å². The largest absolute Gasteiger partial charge is 0.329 e. The molecule has 0 radical (unpaired) electrons. The Morgan fingerprint density at radius 2 is 2.00 bits per heavy atom. The summed E-state index contributed by atoms with van der Waals surface area (Å²) in [5.74, 6) is 1.40. The zero-order valence-corrected chi connectivity index (χ0v) is 14.6. The molecule has 0 aromatic carbocycles. The molecule has 0 N–H and O–H groups in total. The number of carbonyl (C=O) groups is 1. The molecule has 2 aliphatic heterocycles. The predicted molar refractivity (Wildman–Crippen MR) is 93.2 cm³/mol. The summed E-state index contributed by atoms with van der Waals surface area (Å²) in [7, 11) is 0. The van der Waals surface area contributed by atoms with Crippen LogP contribution in [0.3, 0.4) is 0 Å². The molecule has 24 heavy (non-hydrogen) atoms. The number of amides is 2. The minimum atomic E-state index is 0.217. The number of aromatic nitrogens is 3. The SMILES string of the molecule is O=C(N1CCCC1)N1CCCC(c2nccn2Cc2cscn2)C1. The number of urea groups is 1. The van der Waals surface area contributed by atoms with Crippen molar-refractivity contribution < 1.29 is 4.79 Å². The highest BCUT2D eigenvalue weighted by atomic mass is 32.1. The molecule has 4 heterocycles. The van der Waals surface area contributed by atoms with E-state index in [4.69, 9.17) is 0 Å². The number of hydrogen-bond acceptors (Lipinski definition) is 4. The Hall–Kier alpha value is -1.89. The topological polar surface area (TPSA) is 54.3 Å². The second-order valence-corrected chi connectivity index (χ2v) is 7.37. The lowest BCUT2D eigenvalue weighted by atomic mass is 9.97. The molecule has 0 bridgehead atoms. The van der Waals surface area contributed by atoms with Gasteiger partial charge in [-0.3, -0.25) is 0 Å². The smallest absolute Gasteiger partial charge is 0.320 e. The molecule has 1 unspecified atom stereocenters. The molecule has 2 aromatic heterocycles. The highest BCUT2D eigenvalue weighted by Crippen LogP contribution is 2.27. The first-order valence-corrected chi connectivity index (χ1v) is 9.67. The first kappa shape index (κ1) is 15.6. The van der Waals surface area contributed by atoms with E-state index < -0.39 is 0 Å². The summed E-state index contributed by atoms with van der Waals surface area (Å²) in [4.78, 5) is 25.7. The Kier molecular flexibility index (Phi) is 4.51. The van der Waals surface area contributed by atoms with E-state index in [1.165, 1.54) is 0 Å². The number of piperidine rings is 1. The first-order valence-electron chi connectivity index (χ1n) is 8.73. The summed E-state index contributed by atoms with van der Waals surface area (Å²) < 4.78 is 2.18. The molecule has 1 atom stereocenters. The Balaban J connectivity index is 1.46. The maximum absolute atomic E-state index is 12.7. The van der Waals surface area contributed by atoms with E-state index in [0.717, 1.165) is 69.9 Å². The highest BCUT2D eigenvalue weighted by Gasteiger charge is 2.30. The molecular formula is C17H23N5OS. The van der Waals surface area contributed by atoms with Crippen LogP contribution in [0, 0.1) is 0 Å². The lowest BCUT2D eigenvalue weighted by Crippen LogP contribution is -2.46. The van der Waals surface area contributed by atoms with Gasteiger partial charge in [0.05, 0.1) is 17.7 Å². The minimum absolute atomic E-state index is 0.217. The van der Waals surface area contributed by atoms with Crippen molar-refractivity contribution in [2.24, 2.45) is 0 Å². The van der Waals surface area contributed by atoms with Crippen LogP contribution in [0.2, 0.25) is 0 Å². The van der Waals surface area contributed by atoms with Gasteiger partial charge in [0.2, 0.25) is 0 Å². The van der Waals surface area contributed by atoms with E-state index in [9.17, 15) is 4.79 Å². The van der Waals surface area contributed by atoms with Gasteiger partial charge in [0.25, 0.3) is 0 Å². The monoisotopic (exact) mass is 345 g/mol. The van der Waals surface area contributed by atoms with Gasteiger partial charge in [-0.1, -0.05) is 0 Å². The minimum Gasteiger partial charge on any atom is -0.329 e. The summed E-state index contributed by atoms with van der Waals surface area (Å²) in [5, 5.41) is 2.08. The van der Waals surface area contributed by atoms with Gasteiger partial charge in [-0.05, 0) is 25.7 Å². The highest BCUT2D eigenvalue weighted by molar-refractivity contribution is 7.07. The molecule has 2 amide bonds. The van der Waals surface area contributed by atoms with E-state index in [0.29, 0.717) is 5.92 Å². The lowest BCUT2D eigenvalue weighted by Gasteiger charge is -2.35. The maximum atomic E-state index is 12.7. The zero-order chi connectivity index (χ0) is 16.4. The molecule has 2 aliphatic rings. The Morgan fingerprint density at radius 1 is 1.17 bits per heavy atom. The predicted octanol–water partition coefficient (Wildman–Crippen LogP) is 2.78. The molecular weight excluding hydrogens is 322 g/mol. The number of likely N-dealkylation sites (tertiary alicyclic amines) is 2. The fourth-order valence-corrected chi connectivity index (χ4v) is 4.32. The first-order chi connectivity index (χ1) is 11.8. The number of nitrogens with zero attached hydrogens (tertiary/aromatic N) is 5. The number of imidazole rings is 1. The molecule has 7 heteroatoms. The van der Waals surface area contributed by atoms with Crippen molar-refractivity contribution in [2.45, 2.75) is 38.1 Å². The van der Waals surface area contributed by atoms with Gasteiger partial charge in [0.15, 0.2) is 0 Å². The quantitative estimate of drug-likeness (QED) is 0.859. The average Bonchev–Trinajstić information content (AvgIpc) is 3.37. The number of hydrogen-bond donors (Lipinski definition) is 0. The fraction of sp³-hybridized carbons (Fsp3) is 0.588. The van der Waals surface area contributed by atoms with Crippen LogP contribution < -0.4 is 0 Å². The zero-order valence-electron chi connectivity index (χ0n) is 13.8. The Morgan fingerprint density at radius 3 is 2.79 bits per heavy atom. The van der Waals surface area contributed by atoms with Gasteiger partial charge < -0.3 is 14.4 Å². The molecule has 2 fully saturated rings. The van der Waals surface area contributed by atoms with E-state index in [1.54, 1.807) is 11.3 Å². The molecule has 0 saturated carbocycles. The average molecular weight is 345 g/mol. The second kappa shape index (κ2) is 6.93. The molecule has 2 aromatic rings. The van der Waals surface area contributed by atoms with Crippen molar-refractivity contribution in [2.75, 3.05) is 26.2 Å². The van der Waals surface area contributed by atoms with Crippen LogP contribution in [0.4, 0.5) is 4.79 Å². The maximum Gasteiger partial charge on any atom is 0.320 e. The van der Waals surface area contributed by atoms with Gasteiger partial charge in [-0.2, -0.15) is 0 Å². The van der Waals surface area contributed by atoms with Crippen molar-refractivity contribution in [3.63, 3.8) is 0 Å². The molecule has 4 rings (SSSR count). The van der Waals surface area contributed by atoms with Crippen molar-refractivity contribution in [1.82, 2.24) is 24.3 Å². The fourth-order valence-electron chi connectivity index (χ4n) is 3.77. The van der Waals surface area contributed by atoms with E-state index in [2.05, 4.69) is 19.9 Å². The standard InChI is InChI=1S/C17H23N5OS/c23-17(20-6-1-2-7-20)22-8-3-4-14(10-22)16-18-5-9-21(16)11-15-12-24-13-19-15/h5,9,12-14H,1-4,6-8,10-11H2. The van der Waals surface area contributed by atoms with Crippen molar-refractivity contribution in [3.05, 3.63) is 34.8 Å². The normalized spacial score (nSPS) is 21.4. The van der Waals surface area contributed by atoms with Gasteiger partial charge in [0, 0.05) is 49.9 Å². The van der Waals surface area contributed by atoms with Crippen molar-refractivity contribution in [3.8, 4) is 0 Å². The number of rotatable bonds is 3. The van der Waals surface area contributed by atoms with E-state index in [1.807, 2.05) is 27.7 Å². The molecule has 2 saturated heterocycles. The molecule has 0 spiro atoms. The van der Waals surface area contributed by atoms with Crippen LogP contribution in [0.5, 0.6) is 0 Å². The number of carbonyl (C=O) groups excluding carboxylic acids is 1. The van der Waals surface area contributed by atoms with Gasteiger partial charge in [-0.15, -0.1) is 11.3 Å². The lowest BCUT2D eigenvalue weighted by molar-refractivity contribution is 0.145. The van der Waals surface area contributed by atoms with Crippen molar-refractivity contribution >= 4 is 17.4 Å². The second-order valence-electron chi connectivity index (χ2n) is 6.66. The summed E-state index contributed by atoms with van der Waals surface area (Å²) in [5.41, 5.74) is 2.93. The third-order valence-electron chi connectivity index (χ3n) is 5.00. The summed E-state index contributed by atoms with van der Waals surface area (Å²) in [6.07, 6.45) is 8.31. The van der Waals surface area contributed by atoms with Crippen LogP contribution in [-0.2, 0) is 6.54 Å². The molecule has 128 valence electrons. The number of thiazole rings is 1. The van der Waals surface area contributed by atoms with Crippen molar-refractivity contribution in [1.29, 1.82) is 0 Å². The van der Waals surface area contributed by atoms with Crippen LogP contribution in [-0.4, -0.2) is 56.5 Å². The van der Waals surface area contributed by atoms with E-state index >= 15 is 0 Å². The molecule has 6 nitrogen and oxygen atoms in total. The van der Waals surface area contributed by atoms with Gasteiger partial charge >= 0.3 is 6.03 Å². The summed E-state index contributed by atoms with van der Waals surface area (Å²) >= 11 is 1.62. The van der Waals surface area contributed by atoms with Crippen LogP contribution in [0.25, 0.3) is 0 Å². The third-order valence-corrected chi connectivity index (χ3v) is 5.63.